The summed E-state index contributed by atoms with van der Waals surface area (Å²) in [5.41, 5.74) is 0.742. The van der Waals surface area contributed by atoms with Crippen molar-refractivity contribution in [1.29, 1.82) is 0 Å². The molecule has 1 aromatic heterocycles. The molecule has 0 saturated carbocycles. The minimum absolute atomic E-state index is 0.210. The summed E-state index contributed by atoms with van der Waals surface area (Å²) < 4.78 is 13.9. The topological polar surface area (TPSA) is 12.9 Å². The maximum Gasteiger partial charge on any atom is 0.145 e. The average molecular weight is 232 g/mol. The number of hydrogen-bond acceptors (Lipinski definition) is 1. The number of pyridine rings is 1. The zero-order chi connectivity index (χ0) is 8.97. The summed E-state index contributed by atoms with van der Waals surface area (Å²) in [6.45, 7) is 2.09. The van der Waals surface area contributed by atoms with Crippen LogP contribution in [0.15, 0.2) is 16.9 Å². The van der Waals surface area contributed by atoms with E-state index in [0.717, 1.165) is 29.3 Å². The highest BCUT2D eigenvalue weighted by molar-refractivity contribution is 9.10. The Balaban J connectivity index is 2.81. The van der Waals surface area contributed by atoms with Gasteiger partial charge in [0, 0.05) is 16.2 Å². The van der Waals surface area contributed by atoms with Crippen molar-refractivity contribution in [2.24, 2.45) is 0 Å². The Morgan fingerprint density at radius 2 is 2.25 bits per heavy atom. The van der Waals surface area contributed by atoms with Crippen molar-refractivity contribution in [3.63, 3.8) is 0 Å². The summed E-state index contributed by atoms with van der Waals surface area (Å²) in [5, 5.41) is 0. The first-order chi connectivity index (χ1) is 5.75. The molecule has 0 bridgehead atoms. The Labute approximate surface area is 80.1 Å². The van der Waals surface area contributed by atoms with Gasteiger partial charge in [0.25, 0.3) is 0 Å². The van der Waals surface area contributed by atoms with E-state index in [4.69, 9.17) is 0 Å². The normalized spacial score (nSPS) is 10.2. The Hall–Kier alpha value is -0.440. The molecule has 1 rings (SSSR count). The van der Waals surface area contributed by atoms with E-state index in [-0.39, 0.29) is 5.82 Å². The van der Waals surface area contributed by atoms with E-state index in [1.54, 1.807) is 6.20 Å². The molecule has 0 aliphatic carbocycles. The van der Waals surface area contributed by atoms with Gasteiger partial charge in [0.15, 0.2) is 0 Å². The largest absolute Gasteiger partial charge is 0.260 e. The minimum Gasteiger partial charge on any atom is -0.260 e. The molecule has 0 aliphatic heterocycles. The molecule has 0 unspecified atom stereocenters. The summed E-state index contributed by atoms with van der Waals surface area (Å²) in [4.78, 5) is 3.73. The predicted molar refractivity (Wildman–Crippen MR) is 50.5 cm³/mol. The minimum atomic E-state index is -0.210. The number of rotatable bonds is 3. The van der Waals surface area contributed by atoms with Crippen LogP contribution in [0.1, 0.15) is 25.3 Å². The van der Waals surface area contributed by atoms with E-state index in [1.807, 2.05) is 0 Å². The third-order valence-electron chi connectivity index (χ3n) is 1.73. The van der Waals surface area contributed by atoms with Crippen molar-refractivity contribution in [3.05, 3.63) is 28.2 Å². The molecule has 12 heavy (non-hydrogen) atoms. The SMILES string of the molecule is CCCCc1c(F)cncc1Br. The fraction of sp³-hybridized carbons (Fsp3) is 0.444. The van der Waals surface area contributed by atoms with Crippen LogP contribution in [0.2, 0.25) is 0 Å². The lowest BCUT2D eigenvalue weighted by molar-refractivity contribution is 0.595. The maximum atomic E-state index is 13.1. The maximum absolute atomic E-state index is 13.1. The Morgan fingerprint density at radius 1 is 1.50 bits per heavy atom. The van der Waals surface area contributed by atoms with Gasteiger partial charge in [-0.2, -0.15) is 0 Å². The molecule has 0 amide bonds. The lowest BCUT2D eigenvalue weighted by Gasteiger charge is -2.03. The number of halogens is 2. The number of hydrogen-bond donors (Lipinski definition) is 0. The zero-order valence-electron chi connectivity index (χ0n) is 6.98. The van der Waals surface area contributed by atoms with Crippen molar-refractivity contribution in [1.82, 2.24) is 4.98 Å². The molecule has 0 spiro atoms. The van der Waals surface area contributed by atoms with Crippen molar-refractivity contribution in [3.8, 4) is 0 Å². The lowest BCUT2D eigenvalue weighted by atomic mass is 10.1. The molecule has 0 atom stereocenters. The van der Waals surface area contributed by atoms with E-state index in [1.165, 1.54) is 6.20 Å². The number of aromatic nitrogens is 1. The molecule has 0 saturated heterocycles. The van der Waals surface area contributed by atoms with Gasteiger partial charge in [-0.25, -0.2) is 4.39 Å². The summed E-state index contributed by atoms with van der Waals surface area (Å²) in [6.07, 6.45) is 5.77. The summed E-state index contributed by atoms with van der Waals surface area (Å²) >= 11 is 3.27. The molecule has 0 radical (unpaired) electrons. The van der Waals surface area contributed by atoms with E-state index in [9.17, 15) is 4.39 Å². The van der Waals surface area contributed by atoms with Crippen LogP contribution in [-0.4, -0.2) is 4.98 Å². The van der Waals surface area contributed by atoms with Gasteiger partial charge in [-0.3, -0.25) is 4.98 Å². The van der Waals surface area contributed by atoms with Gasteiger partial charge in [-0.1, -0.05) is 13.3 Å². The van der Waals surface area contributed by atoms with Crippen LogP contribution in [0.3, 0.4) is 0 Å². The van der Waals surface area contributed by atoms with Gasteiger partial charge >= 0.3 is 0 Å². The molecule has 1 aromatic rings. The Morgan fingerprint density at radius 3 is 2.83 bits per heavy atom. The van der Waals surface area contributed by atoms with E-state index in [2.05, 4.69) is 27.8 Å². The van der Waals surface area contributed by atoms with Crippen molar-refractivity contribution < 1.29 is 4.39 Å². The molecule has 1 nitrogen and oxygen atoms in total. The molecular formula is C9H11BrFN. The average Bonchev–Trinajstić information content (AvgIpc) is 2.04. The van der Waals surface area contributed by atoms with Crippen LogP contribution in [0.4, 0.5) is 4.39 Å². The standard InChI is InChI=1S/C9H11BrFN/c1-2-3-4-7-8(10)5-12-6-9(7)11/h5-6H,2-4H2,1H3. The van der Waals surface area contributed by atoms with Gasteiger partial charge in [-0.05, 0) is 28.8 Å². The highest BCUT2D eigenvalue weighted by Crippen LogP contribution is 2.19. The quantitative estimate of drug-likeness (QED) is 0.778. The van der Waals surface area contributed by atoms with Gasteiger partial charge in [0.1, 0.15) is 5.82 Å². The van der Waals surface area contributed by atoms with Crippen molar-refractivity contribution >= 4 is 15.9 Å². The molecule has 0 fully saturated rings. The van der Waals surface area contributed by atoms with Gasteiger partial charge < -0.3 is 0 Å². The fourth-order valence-corrected chi connectivity index (χ4v) is 1.54. The zero-order valence-corrected chi connectivity index (χ0v) is 8.57. The second kappa shape index (κ2) is 4.55. The molecular weight excluding hydrogens is 221 g/mol. The van der Waals surface area contributed by atoms with E-state index in [0.29, 0.717) is 0 Å². The van der Waals surface area contributed by atoms with E-state index >= 15 is 0 Å². The second-order valence-electron chi connectivity index (χ2n) is 2.69. The smallest absolute Gasteiger partial charge is 0.145 e. The fourth-order valence-electron chi connectivity index (χ4n) is 1.03. The van der Waals surface area contributed by atoms with Crippen LogP contribution < -0.4 is 0 Å². The Kier molecular flexibility index (Phi) is 3.66. The lowest BCUT2D eigenvalue weighted by Crippen LogP contribution is -1.93. The highest BCUT2D eigenvalue weighted by Gasteiger charge is 2.05. The van der Waals surface area contributed by atoms with Crippen LogP contribution in [0.5, 0.6) is 0 Å². The molecule has 1 heterocycles. The Bertz CT molecular complexity index is 242. The van der Waals surface area contributed by atoms with Crippen molar-refractivity contribution in [2.45, 2.75) is 26.2 Å². The van der Waals surface area contributed by atoms with Crippen LogP contribution in [0, 0.1) is 5.82 Å². The monoisotopic (exact) mass is 231 g/mol. The predicted octanol–water partition coefficient (Wildman–Crippen LogP) is 3.33. The summed E-state index contributed by atoms with van der Waals surface area (Å²) in [6, 6.07) is 0. The van der Waals surface area contributed by atoms with Crippen LogP contribution in [-0.2, 0) is 6.42 Å². The van der Waals surface area contributed by atoms with Gasteiger partial charge in [0.05, 0.1) is 6.20 Å². The third kappa shape index (κ3) is 2.27. The molecule has 0 aromatic carbocycles. The molecule has 3 heteroatoms. The van der Waals surface area contributed by atoms with E-state index < -0.39 is 0 Å². The summed E-state index contributed by atoms with van der Waals surface area (Å²) in [7, 11) is 0. The second-order valence-corrected chi connectivity index (χ2v) is 3.54. The first-order valence-corrected chi connectivity index (χ1v) is 4.83. The highest BCUT2D eigenvalue weighted by atomic mass is 79.9. The first-order valence-electron chi connectivity index (χ1n) is 4.03. The van der Waals surface area contributed by atoms with Gasteiger partial charge in [0.2, 0.25) is 0 Å². The molecule has 0 N–H and O–H groups in total. The summed E-state index contributed by atoms with van der Waals surface area (Å²) in [5.74, 6) is -0.210. The van der Waals surface area contributed by atoms with Crippen LogP contribution >= 0.6 is 15.9 Å². The van der Waals surface area contributed by atoms with Gasteiger partial charge in [-0.15, -0.1) is 0 Å². The third-order valence-corrected chi connectivity index (χ3v) is 2.42. The number of nitrogens with zero attached hydrogens (tertiary/aromatic N) is 1. The molecule has 0 aliphatic rings. The molecule has 66 valence electrons. The number of unbranched alkanes of at least 4 members (excludes halogenated alkanes) is 1. The first kappa shape index (κ1) is 9.65. The van der Waals surface area contributed by atoms with Crippen LogP contribution in [0.25, 0.3) is 0 Å². The van der Waals surface area contributed by atoms with Crippen molar-refractivity contribution in [2.75, 3.05) is 0 Å².